The lowest BCUT2D eigenvalue weighted by Crippen LogP contribution is -2.44. The molecule has 8 heteroatoms. The van der Waals surface area contributed by atoms with Crippen LogP contribution in [0, 0.1) is 6.92 Å². The van der Waals surface area contributed by atoms with Crippen LogP contribution in [0.3, 0.4) is 0 Å². The molecule has 4 rings (SSSR count). The number of hydrogen-bond acceptors (Lipinski definition) is 6. The second kappa shape index (κ2) is 11.5. The molecule has 35 heavy (non-hydrogen) atoms. The average molecular weight is 472 g/mol. The highest BCUT2D eigenvalue weighted by atomic mass is 16.5. The van der Waals surface area contributed by atoms with Gasteiger partial charge in [0.05, 0.1) is 12.1 Å². The van der Waals surface area contributed by atoms with Gasteiger partial charge in [0.1, 0.15) is 23.9 Å². The molecule has 0 saturated heterocycles. The summed E-state index contributed by atoms with van der Waals surface area (Å²) in [6, 6.07) is 26.2. The van der Waals surface area contributed by atoms with E-state index in [1.807, 2.05) is 60.7 Å². The number of nitrogens with zero attached hydrogens (tertiary/aromatic N) is 1. The highest BCUT2D eigenvalue weighted by molar-refractivity contribution is 5.83. The minimum absolute atomic E-state index is 0.0340. The molecule has 0 radical (unpaired) electrons. The third-order valence-electron chi connectivity index (χ3n) is 5.02. The summed E-state index contributed by atoms with van der Waals surface area (Å²) >= 11 is 0. The number of amides is 2. The fourth-order valence-electron chi connectivity index (χ4n) is 3.19. The predicted octanol–water partition coefficient (Wildman–Crippen LogP) is 4.00. The number of oxazole rings is 1. The van der Waals surface area contributed by atoms with Crippen molar-refractivity contribution in [3.8, 4) is 23.0 Å². The van der Waals surface area contributed by atoms with Crippen LogP contribution in [0.4, 0.5) is 0 Å². The van der Waals surface area contributed by atoms with Crippen molar-refractivity contribution in [2.75, 3.05) is 6.61 Å². The minimum atomic E-state index is -0.496. The maximum atomic E-state index is 12.2. The largest absolute Gasteiger partial charge is 0.489 e. The lowest BCUT2D eigenvalue weighted by atomic mass is 10.2. The number of nitrogens with one attached hydrogen (secondary N) is 2. The Morgan fingerprint density at radius 1 is 0.800 bits per heavy atom. The van der Waals surface area contributed by atoms with Crippen LogP contribution >= 0.6 is 0 Å². The number of carbonyl (C=O) groups is 2. The number of aromatic nitrogens is 1. The van der Waals surface area contributed by atoms with Gasteiger partial charge in [0.2, 0.25) is 11.8 Å². The van der Waals surface area contributed by atoms with Crippen molar-refractivity contribution in [2.24, 2.45) is 0 Å². The third kappa shape index (κ3) is 6.94. The van der Waals surface area contributed by atoms with Crippen LogP contribution in [0.2, 0.25) is 0 Å². The van der Waals surface area contributed by atoms with Crippen LogP contribution in [-0.2, 0) is 22.6 Å². The molecule has 4 aromatic rings. The van der Waals surface area contributed by atoms with Crippen molar-refractivity contribution in [1.29, 1.82) is 0 Å². The summed E-state index contributed by atoms with van der Waals surface area (Å²) in [5.41, 5.74) is 7.09. The molecule has 0 atom stereocenters. The smallest absolute Gasteiger partial charge is 0.276 e. The summed E-state index contributed by atoms with van der Waals surface area (Å²) < 4.78 is 16.8. The summed E-state index contributed by atoms with van der Waals surface area (Å²) in [5, 5.41) is 0. The van der Waals surface area contributed by atoms with E-state index in [2.05, 4.69) is 15.8 Å². The first-order chi connectivity index (χ1) is 17.1. The molecule has 2 amide bonds. The molecule has 1 aromatic heterocycles. The van der Waals surface area contributed by atoms with Gasteiger partial charge >= 0.3 is 0 Å². The molecule has 178 valence electrons. The van der Waals surface area contributed by atoms with Gasteiger partial charge < -0.3 is 13.9 Å². The van der Waals surface area contributed by atoms with Gasteiger partial charge in [-0.15, -0.1) is 0 Å². The van der Waals surface area contributed by atoms with E-state index in [1.54, 1.807) is 31.2 Å². The summed E-state index contributed by atoms with van der Waals surface area (Å²) in [4.78, 5) is 28.7. The van der Waals surface area contributed by atoms with E-state index >= 15 is 0 Å². The second-order valence-corrected chi connectivity index (χ2v) is 7.70. The van der Waals surface area contributed by atoms with Gasteiger partial charge in [-0.1, -0.05) is 48.5 Å². The van der Waals surface area contributed by atoms with Gasteiger partial charge in [-0.2, -0.15) is 0 Å². The molecular weight excluding hydrogens is 446 g/mol. The Labute approximate surface area is 202 Å². The summed E-state index contributed by atoms with van der Waals surface area (Å²) in [6.45, 7) is 1.95. The maximum Gasteiger partial charge on any atom is 0.276 e. The number of aryl methyl sites for hydroxylation is 1. The van der Waals surface area contributed by atoms with Gasteiger partial charge in [-0.25, -0.2) is 4.98 Å². The van der Waals surface area contributed by atoms with Crippen molar-refractivity contribution in [2.45, 2.75) is 20.0 Å². The predicted molar refractivity (Wildman–Crippen MR) is 129 cm³/mol. The Balaban J connectivity index is 1.18. The van der Waals surface area contributed by atoms with Crippen molar-refractivity contribution in [3.05, 3.63) is 102 Å². The highest BCUT2D eigenvalue weighted by Gasteiger charge is 2.15. The zero-order valence-electron chi connectivity index (χ0n) is 19.2. The fraction of sp³-hybridized carbons (Fsp3) is 0.148. The number of benzene rings is 3. The molecular formula is C27H25N3O5. The zero-order chi connectivity index (χ0) is 24.5. The number of hydrogen-bond donors (Lipinski definition) is 2. The van der Waals surface area contributed by atoms with Gasteiger partial charge in [-0.05, 0) is 48.9 Å². The Morgan fingerprint density at radius 2 is 1.40 bits per heavy atom. The Kier molecular flexibility index (Phi) is 7.75. The van der Waals surface area contributed by atoms with E-state index in [4.69, 9.17) is 13.9 Å². The molecule has 3 aromatic carbocycles. The molecule has 0 unspecified atom stereocenters. The molecule has 0 bridgehead atoms. The highest BCUT2D eigenvalue weighted by Crippen LogP contribution is 2.21. The number of carbonyl (C=O) groups excluding carboxylic acids is 2. The first-order valence-electron chi connectivity index (χ1n) is 11.1. The number of ether oxygens (including phenoxy) is 2. The van der Waals surface area contributed by atoms with E-state index in [0.29, 0.717) is 35.5 Å². The second-order valence-electron chi connectivity index (χ2n) is 7.70. The zero-order valence-corrected chi connectivity index (χ0v) is 19.2. The quantitative estimate of drug-likeness (QED) is 0.358. The first-order valence-corrected chi connectivity index (χ1v) is 11.1. The lowest BCUT2D eigenvalue weighted by molar-refractivity contribution is -0.129. The van der Waals surface area contributed by atoms with Gasteiger partial charge in [0.25, 0.3) is 5.91 Å². The summed E-state index contributed by atoms with van der Waals surface area (Å²) in [5.74, 6) is 1.27. The Hall–Kier alpha value is -4.59. The van der Waals surface area contributed by atoms with E-state index < -0.39 is 11.8 Å². The minimum Gasteiger partial charge on any atom is -0.489 e. The third-order valence-corrected chi connectivity index (χ3v) is 5.02. The lowest BCUT2D eigenvalue weighted by Gasteiger charge is -2.10. The van der Waals surface area contributed by atoms with E-state index in [1.165, 1.54) is 0 Å². The van der Waals surface area contributed by atoms with Crippen LogP contribution in [0.1, 0.15) is 17.0 Å². The fourth-order valence-corrected chi connectivity index (χ4v) is 3.19. The van der Waals surface area contributed by atoms with Gasteiger partial charge in [-0.3, -0.25) is 20.4 Å². The van der Waals surface area contributed by atoms with Crippen molar-refractivity contribution >= 4 is 11.8 Å². The number of hydrazine groups is 1. The SMILES string of the molecule is Cc1oc(-c2ccccc2)nc1CC(=O)NNC(=O)COc1ccc(OCc2ccccc2)cc1. The normalized spacial score (nSPS) is 10.4. The molecule has 0 saturated carbocycles. The summed E-state index contributed by atoms with van der Waals surface area (Å²) in [7, 11) is 0. The molecule has 0 aliphatic heterocycles. The molecule has 0 aliphatic rings. The maximum absolute atomic E-state index is 12.2. The average Bonchev–Trinajstić information content (AvgIpc) is 3.26. The van der Waals surface area contributed by atoms with Crippen LogP contribution in [0.5, 0.6) is 11.5 Å². The van der Waals surface area contributed by atoms with Crippen molar-refractivity contribution < 1.29 is 23.5 Å². The Morgan fingerprint density at radius 3 is 2.09 bits per heavy atom. The molecule has 0 aliphatic carbocycles. The molecule has 1 heterocycles. The molecule has 0 fully saturated rings. The van der Waals surface area contributed by atoms with E-state index in [9.17, 15) is 9.59 Å². The van der Waals surface area contributed by atoms with Gasteiger partial charge in [0.15, 0.2) is 6.61 Å². The number of rotatable bonds is 9. The Bertz CT molecular complexity index is 1260. The monoisotopic (exact) mass is 471 g/mol. The molecule has 2 N–H and O–H groups in total. The van der Waals surface area contributed by atoms with Gasteiger partial charge in [0, 0.05) is 5.56 Å². The van der Waals surface area contributed by atoms with Crippen LogP contribution in [0.15, 0.2) is 89.3 Å². The van der Waals surface area contributed by atoms with Crippen LogP contribution < -0.4 is 20.3 Å². The van der Waals surface area contributed by atoms with Crippen molar-refractivity contribution in [1.82, 2.24) is 15.8 Å². The topological polar surface area (TPSA) is 103 Å². The standard InChI is InChI=1S/C27H25N3O5/c1-19-24(28-27(35-19)21-10-6-3-7-11-21)16-25(31)29-30-26(32)18-34-23-14-12-22(13-15-23)33-17-20-8-4-2-5-9-20/h2-15H,16-18H2,1H3,(H,29,31)(H,30,32). The van der Waals surface area contributed by atoms with E-state index in [-0.39, 0.29) is 13.0 Å². The molecule has 8 nitrogen and oxygen atoms in total. The first kappa shape index (κ1) is 23.6. The van der Waals surface area contributed by atoms with E-state index in [0.717, 1.165) is 11.1 Å². The van der Waals surface area contributed by atoms with Crippen molar-refractivity contribution in [3.63, 3.8) is 0 Å². The molecule has 0 spiro atoms. The summed E-state index contributed by atoms with van der Waals surface area (Å²) in [6.07, 6.45) is -0.0340. The van der Waals surface area contributed by atoms with Crippen LogP contribution in [0.25, 0.3) is 11.5 Å². The van der Waals surface area contributed by atoms with Crippen LogP contribution in [-0.4, -0.2) is 23.4 Å².